The Balaban J connectivity index is 1.77. The van der Waals surface area contributed by atoms with Crippen LogP contribution in [0.2, 0.25) is 0 Å². The van der Waals surface area contributed by atoms with Crippen LogP contribution in [0.5, 0.6) is 11.5 Å². The van der Waals surface area contributed by atoms with Gasteiger partial charge in [-0.1, -0.05) is 18.2 Å². The Morgan fingerprint density at radius 2 is 1.84 bits per heavy atom. The first-order valence-electron chi connectivity index (χ1n) is 10.5. The number of morpholine rings is 1. The summed E-state index contributed by atoms with van der Waals surface area (Å²) in [4.78, 5) is 17.1. The SMILES string of the molecule is COc1ccc([C@@H]2[C@@H](CO)OCCN2C(=O)CCc2ccc(N(C)C)cc2)cc1OC. The number of carbonyl (C=O) groups is 1. The van der Waals surface area contributed by atoms with E-state index in [2.05, 4.69) is 24.3 Å². The summed E-state index contributed by atoms with van der Waals surface area (Å²) in [6.45, 7) is 0.709. The van der Waals surface area contributed by atoms with Crippen molar-refractivity contribution in [2.45, 2.75) is 25.0 Å². The number of aryl methyl sites for hydroxylation is 1. The lowest BCUT2D eigenvalue weighted by molar-refractivity contribution is -0.149. The van der Waals surface area contributed by atoms with Gasteiger partial charge in [-0.15, -0.1) is 0 Å². The van der Waals surface area contributed by atoms with Gasteiger partial charge in [-0.25, -0.2) is 0 Å². The molecule has 31 heavy (non-hydrogen) atoms. The standard InChI is InChI=1S/C24H32N2O5/c1-25(2)19-9-5-17(6-10-19)7-12-23(28)26-13-14-31-22(16-27)24(26)18-8-11-20(29-3)21(15-18)30-4/h5-6,8-11,15,22,24,27H,7,12-14,16H2,1-4H3/t22-,24-/m1/s1. The summed E-state index contributed by atoms with van der Waals surface area (Å²) in [5, 5.41) is 9.91. The molecular weight excluding hydrogens is 396 g/mol. The number of hydrogen-bond acceptors (Lipinski definition) is 6. The van der Waals surface area contributed by atoms with E-state index in [1.807, 2.05) is 42.1 Å². The molecule has 3 rings (SSSR count). The Labute approximate surface area is 184 Å². The number of methoxy groups -OCH3 is 2. The number of benzene rings is 2. The van der Waals surface area contributed by atoms with Gasteiger partial charge in [0.15, 0.2) is 11.5 Å². The summed E-state index contributed by atoms with van der Waals surface area (Å²) in [7, 11) is 7.16. The number of ether oxygens (including phenoxy) is 3. The van der Waals surface area contributed by atoms with E-state index >= 15 is 0 Å². The van der Waals surface area contributed by atoms with Crippen molar-refractivity contribution in [3.8, 4) is 11.5 Å². The number of hydrogen-bond donors (Lipinski definition) is 1. The van der Waals surface area contributed by atoms with E-state index in [9.17, 15) is 9.90 Å². The van der Waals surface area contributed by atoms with Crippen LogP contribution >= 0.6 is 0 Å². The molecule has 2 aromatic rings. The third-order valence-electron chi connectivity index (χ3n) is 5.68. The van der Waals surface area contributed by atoms with Crippen molar-refractivity contribution < 1.29 is 24.1 Å². The molecule has 0 saturated carbocycles. The molecule has 0 aliphatic carbocycles. The first kappa shape index (κ1) is 22.9. The minimum atomic E-state index is -0.491. The molecule has 7 heteroatoms. The molecule has 2 atom stereocenters. The van der Waals surface area contributed by atoms with Crippen molar-refractivity contribution in [3.63, 3.8) is 0 Å². The quantitative estimate of drug-likeness (QED) is 0.697. The fourth-order valence-corrected chi connectivity index (χ4v) is 3.95. The topological polar surface area (TPSA) is 71.5 Å². The van der Waals surface area contributed by atoms with Crippen LogP contribution in [0.3, 0.4) is 0 Å². The number of aliphatic hydroxyl groups is 1. The van der Waals surface area contributed by atoms with Crippen LogP contribution in [0, 0.1) is 0 Å². The van der Waals surface area contributed by atoms with Gasteiger partial charge in [-0.3, -0.25) is 4.79 Å². The molecule has 0 radical (unpaired) electrons. The zero-order valence-corrected chi connectivity index (χ0v) is 18.7. The average molecular weight is 429 g/mol. The van der Waals surface area contributed by atoms with E-state index in [-0.39, 0.29) is 18.6 Å². The second kappa shape index (κ2) is 10.5. The van der Waals surface area contributed by atoms with Gasteiger partial charge in [0.25, 0.3) is 0 Å². The molecule has 0 aromatic heterocycles. The van der Waals surface area contributed by atoms with Gasteiger partial charge >= 0.3 is 0 Å². The minimum absolute atomic E-state index is 0.0400. The number of nitrogens with zero attached hydrogens (tertiary/aromatic N) is 2. The Morgan fingerprint density at radius 1 is 1.13 bits per heavy atom. The molecule has 1 aliphatic rings. The van der Waals surface area contributed by atoms with Crippen molar-refractivity contribution in [3.05, 3.63) is 53.6 Å². The van der Waals surface area contributed by atoms with Gasteiger partial charge in [0.1, 0.15) is 6.10 Å². The monoisotopic (exact) mass is 428 g/mol. The van der Waals surface area contributed by atoms with E-state index in [1.54, 1.807) is 14.2 Å². The predicted molar refractivity (Wildman–Crippen MR) is 120 cm³/mol. The van der Waals surface area contributed by atoms with Crippen molar-refractivity contribution in [2.75, 3.05) is 53.0 Å². The summed E-state index contributed by atoms with van der Waals surface area (Å²) in [6.07, 6.45) is 0.561. The number of anilines is 1. The zero-order chi connectivity index (χ0) is 22.4. The molecule has 2 aromatic carbocycles. The highest BCUT2D eigenvalue weighted by Gasteiger charge is 2.36. The van der Waals surface area contributed by atoms with Gasteiger partial charge < -0.3 is 29.1 Å². The normalized spacial score (nSPS) is 18.5. The molecule has 168 valence electrons. The summed E-state index contributed by atoms with van der Waals surface area (Å²) >= 11 is 0. The Morgan fingerprint density at radius 3 is 2.45 bits per heavy atom. The highest BCUT2D eigenvalue weighted by molar-refractivity contribution is 5.77. The van der Waals surface area contributed by atoms with Gasteiger partial charge in [0.2, 0.25) is 5.91 Å². The molecule has 0 spiro atoms. The second-order valence-electron chi connectivity index (χ2n) is 7.80. The van der Waals surface area contributed by atoms with Gasteiger partial charge in [-0.2, -0.15) is 0 Å². The van der Waals surface area contributed by atoms with Crippen LogP contribution in [-0.4, -0.2) is 70.1 Å². The Kier molecular flexibility index (Phi) is 7.76. The molecule has 1 fully saturated rings. The summed E-state index contributed by atoms with van der Waals surface area (Å²) < 4.78 is 16.5. The highest BCUT2D eigenvalue weighted by atomic mass is 16.5. The van der Waals surface area contributed by atoms with E-state index < -0.39 is 6.10 Å². The molecule has 1 heterocycles. The molecule has 1 amide bonds. The van der Waals surface area contributed by atoms with Crippen molar-refractivity contribution in [1.29, 1.82) is 0 Å². The van der Waals surface area contributed by atoms with Crippen molar-refractivity contribution in [1.82, 2.24) is 4.90 Å². The number of amides is 1. The number of rotatable bonds is 8. The van der Waals surface area contributed by atoms with Crippen molar-refractivity contribution in [2.24, 2.45) is 0 Å². The fourth-order valence-electron chi connectivity index (χ4n) is 3.95. The van der Waals surface area contributed by atoms with E-state index in [1.165, 1.54) is 0 Å². The van der Waals surface area contributed by atoms with Gasteiger partial charge in [0.05, 0.1) is 33.5 Å². The number of carbonyl (C=O) groups excluding carboxylic acids is 1. The zero-order valence-electron chi connectivity index (χ0n) is 18.7. The lowest BCUT2D eigenvalue weighted by Crippen LogP contribution is -2.49. The van der Waals surface area contributed by atoms with Crippen LogP contribution in [0.15, 0.2) is 42.5 Å². The molecule has 0 bridgehead atoms. The highest BCUT2D eigenvalue weighted by Crippen LogP contribution is 2.36. The lowest BCUT2D eigenvalue weighted by Gasteiger charge is -2.41. The lowest BCUT2D eigenvalue weighted by atomic mass is 9.97. The first-order valence-corrected chi connectivity index (χ1v) is 10.5. The Hall–Kier alpha value is -2.77. The van der Waals surface area contributed by atoms with Crippen LogP contribution in [0.4, 0.5) is 5.69 Å². The van der Waals surface area contributed by atoms with Gasteiger partial charge in [-0.05, 0) is 41.8 Å². The second-order valence-corrected chi connectivity index (χ2v) is 7.80. The molecule has 1 aliphatic heterocycles. The predicted octanol–water partition coefficient (Wildman–Crippen LogP) is 2.66. The first-order chi connectivity index (χ1) is 15.0. The molecular formula is C24H32N2O5. The average Bonchev–Trinajstić information content (AvgIpc) is 2.81. The maximum absolute atomic E-state index is 13.2. The van der Waals surface area contributed by atoms with Crippen LogP contribution in [-0.2, 0) is 16.0 Å². The third-order valence-corrected chi connectivity index (χ3v) is 5.68. The van der Waals surface area contributed by atoms with E-state index in [4.69, 9.17) is 14.2 Å². The van der Waals surface area contributed by atoms with Crippen molar-refractivity contribution >= 4 is 11.6 Å². The summed E-state index contributed by atoms with van der Waals surface area (Å²) in [5.41, 5.74) is 3.09. The van der Waals surface area contributed by atoms with Gasteiger partial charge in [0, 0.05) is 32.7 Å². The minimum Gasteiger partial charge on any atom is -0.493 e. The van der Waals surface area contributed by atoms with Crippen LogP contribution in [0.1, 0.15) is 23.6 Å². The third kappa shape index (κ3) is 5.29. The summed E-state index contributed by atoms with van der Waals surface area (Å²) in [6, 6.07) is 13.4. The van der Waals surface area contributed by atoms with E-state index in [0.29, 0.717) is 37.5 Å². The largest absolute Gasteiger partial charge is 0.493 e. The molecule has 7 nitrogen and oxygen atoms in total. The maximum atomic E-state index is 13.2. The fraction of sp³-hybridized carbons (Fsp3) is 0.458. The Bertz CT molecular complexity index is 869. The van der Waals surface area contributed by atoms with E-state index in [0.717, 1.165) is 16.8 Å². The molecule has 0 unspecified atom stereocenters. The van der Waals surface area contributed by atoms with Crippen LogP contribution in [0.25, 0.3) is 0 Å². The molecule has 1 N–H and O–H groups in total. The molecule has 1 saturated heterocycles. The summed E-state index contributed by atoms with van der Waals surface area (Å²) in [5.74, 6) is 1.23. The maximum Gasteiger partial charge on any atom is 0.223 e. The smallest absolute Gasteiger partial charge is 0.223 e. The number of aliphatic hydroxyl groups excluding tert-OH is 1. The van der Waals surface area contributed by atoms with Crippen LogP contribution < -0.4 is 14.4 Å².